The van der Waals surface area contributed by atoms with Gasteiger partial charge in [0.25, 0.3) is 5.89 Å². The van der Waals surface area contributed by atoms with E-state index in [2.05, 4.69) is 24.0 Å². The zero-order valence-electron chi connectivity index (χ0n) is 15.9. The molecular formula is C21H21ClN2O4. The monoisotopic (exact) mass is 400 g/mol. The fourth-order valence-electron chi connectivity index (χ4n) is 2.73. The summed E-state index contributed by atoms with van der Waals surface area (Å²) >= 11 is 5.86. The predicted molar refractivity (Wildman–Crippen MR) is 105 cm³/mol. The second-order valence-electron chi connectivity index (χ2n) is 6.63. The van der Waals surface area contributed by atoms with Gasteiger partial charge in [-0.25, -0.2) is 4.79 Å². The van der Waals surface area contributed by atoms with Crippen LogP contribution in [0.1, 0.15) is 36.8 Å². The Morgan fingerprint density at radius 3 is 2.57 bits per heavy atom. The van der Waals surface area contributed by atoms with Gasteiger partial charge in [-0.05, 0) is 60.4 Å². The smallest absolute Gasteiger partial charge is 0.344 e. The summed E-state index contributed by atoms with van der Waals surface area (Å²) in [6.07, 6.45) is 0. The van der Waals surface area contributed by atoms with Crippen molar-refractivity contribution >= 4 is 17.6 Å². The fourth-order valence-corrected chi connectivity index (χ4v) is 2.86. The van der Waals surface area contributed by atoms with E-state index < -0.39 is 5.97 Å². The van der Waals surface area contributed by atoms with Crippen molar-refractivity contribution in [2.45, 2.75) is 33.3 Å². The minimum atomic E-state index is -0.517. The largest absolute Gasteiger partial charge is 0.482 e. The van der Waals surface area contributed by atoms with Gasteiger partial charge in [0.05, 0.1) is 0 Å². The highest BCUT2D eigenvalue weighted by Gasteiger charge is 2.12. The third-order valence-electron chi connectivity index (χ3n) is 4.13. The third-order valence-corrected chi connectivity index (χ3v) is 4.39. The van der Waals surface area contributed by atoms with Crippen LogP contribution in [0, 0.1) is 6.92 Å². The number of aromatic nitrogens is 2. The Bertz CT molecular complexity index is 951. The molecule has 0 aliphatic heterocycles. The number of nitrogens with zero attached hydrogens (tertiary/aromatic N) is 2. The minimum Gasteiger partial charge on any atom is -0.482 e. The molecule has 0 bridgehead atoms. The SMILES string of the molecule is Cc1cc(OCC(=O)OCc2nnc(-c3ccc(Cl)cc3)o2)ccc1C(C)C. The molecule has 146 valence electrons. The average Bonchev–Trinajstić information content (AvgIpc) is 3.14. The maximum absolute atomic E-state index is 11.9. The molecule has 28 heavy (non-hydrogen) atoms. The summed E-state index contributed by atoms with van der Waals surface area (Å²) in [5, 5.41) is 8.43. The zero-order chi connectivity index (χ0) is 20.1. The van der Waals surface area contributed by atoms with Crippen LogP contribution in [0.3, 0.4) is 0 Å². The molecule has 3 aromatic rings. The quantitative estimate of drug-likeness (QED) is 0.523. The highest BCUT2D eigenvalue weighted by Crippen LogP contribution is 2.23. The Balaban J connectivity index is 1.49. The Morgan fingerprint density at radius 1 is 1.14 bits per heavy atom. The van der Waals surface area contributed by atoms with Crippen molar-refractivity contribution in [1.29, 1.82) is 0 Å². The summed E-state index contributed by atoms with van der Waals surface area (Å²) in [6, 6.07) is 12.8. The lowest BCUT2D eigenvalue weighted by Gasteiger charge is -2.12. The number of benzene rings is 2. The fraction of sp³-hybridized carbons (Fsp3) is 0.286. The van der Waals surface area contributed by atoms with Crippen molar-refractivity contribution in [2.24, 2.45) is 0 Å². The molecule has 7 heteroatoms. The lowest BCUT2D eigenvalue weighted by atomic mass is 9.98. The summed E-state index contributed by atoms with van der Waals surface area (Å²) in [5.41, 5.74) is 3.11. The molecule has 2 aromatic carbocycles. The molecule has 3 rings (SSSR count). The van der Waals surface area contributed by atoms with Crippen LogP contribution in [-0.2, 0) is 16.1 Å². The maximum atomic E-state index is 11.9. The van der Waals surface area contributed by atoms with Gasteiger partial charge in [0.15, 0.2) is 13.2 Å². The Kier molecular flexibility index (Phi) is 6.31. The second-order valence-corrected chi connectivity index (χ2v) is 7.07. The Hall–Kier alpha value is -2.86. The number of ether oxygens (including phenoxy) is 2. The number of carbonyl (C=O) groups excluding carboxylic acids is 1. The van der Waals surface area contributed by atoms with Gasteiger partial charge in [-0.3, -0.25) is 0 Å². The molecular weight excluding hydrogens is 380 g/mol. The van der Waals surface area contributed by atoms with Gasteiger partial charge in [-0.1, -0.05) is 31.5 Å². The van der Waals surface area contributed by atoms with Crippen LogP contribution in [-0.4, -0.2) is 22.8 Å². The van der Waals surface area contributed by atoms with Crippen LogP contribution in [0.5, 0.6) is 5.75 Å². The summed E-state index contributed by atoms with van der Waals surface area (Å²) in [6.45, 7) is 5.98. The van der Waals surface area contributed by atoms with E-state index in [1.165, 1.54) is 5.56 Å². The molecule has 0 unspecified atom stereocenters. The molecule has 0 aliphatic carbocycles. The highest BCUT2D eigenvalue weighted by atomic mass is 35.5. The molecule has 0 atom stereocenters. The van der Waals surface area contributed by atoms with Crippen LogP contribution in [0.25, 0.3) is 11.5 Å². The van der Waals surface area contributed by atoms with Crippen LogP contribution in [0.4, 0.5) is 0 Å². The molecule has 0 N–H and O–H groups in total. The minimum absolute atomic E-state index is 0.117. The predicted octanol–water partition coefficient (Wildman–Crippen LogP) is 4.94. The van der Waals surface area contributed by atoms with Crippen molar-refractivity contribution in [2.75, 3.05) is 6.61 Å². The molecule has 6 nitrogen and oxygen atoms in total. The summed E-state index contributed by atoms with van der Waals surface area (Å²) in [5.74, 6) is 1.08. The first-order chi connectivity index (χ1) is 13.4. The molecule has 0 radical (unpaired) electrons. The van der Waals surface area contributed by atoms with Crippen LogP contribution in [0.15, 0.2) is 46.9 Å². The molecule has 0 amide bonds. The number of rotatable bonds is 7. The van der Waals surface area contributed by atoms with E-state index in [0.717, 1.165) is 11.1 Å². The van der Waals surface area contributed by atoms with E-state index in [1.54, 1.807) is 24.3 Å². The van der Waals surface area contributed by atoms with E-state index in [1.807, 2.05) is 25.1 Å². The van der Waals surface area contributed by atoms with Gasteiger partial charge in [0.2, 0.25) is 5.89 Å². The molecule has 1 aromatic heterocycles. The van der Waals surface area contributed by atoms with E-state index in [0.29, 0.717) is 22.6 Å². The van der Waals surface area contributed by atoms with Gasteiger partial charge in [0, 0.05) is 10.6 Å². The van der Waals surface area contributed by atoms with Gasteiger partial charge in [0.1, 0.15) is 5.75 Å². The number of carbonyl (C=O) groups is 1. The summed E-state index contributed by atoms with van der Waals surface area (Å²) in [7, 11) is 0. The lowest BCUT2D eigenvalue weighted by molar-refractivity contribution is -0.148. The molecule has 0 saturated heterocycles. The van der Waals surface area contributed by atoms with E-state index in [-0.39, 0.29) is 19.1 Å². The van der Waals surface area contributed by atoms with E-state index in [4.69, 9.17) is 25.5 Å². The highest BCUT2D eigenvalue weighted by molar-refractivity contribution is 6.30. The summed E-state index contributed by atoms with van der Waals surface area (Å²) in [4.78, 5) is 11.9. The molecule has 0 fully saturated rings. The van der Waals surface area contributed by atoms with Crippen LogP contribution in [0.2, 0.25) is 5.02 Å². The van der Waals surface area contributed by atoms with Gasteiger partial charge >= 0.3 is 5.97 Å². The first kappa shape index (κ1) is 19.9. The van der Waals surface area contributed by atoms with Crippen molar-refractivity contribution < 1.29 is 18.7 Å². The van der Waals surface area contributed by atoms with Crippen LogP contribution < -0.4 is 4.74 Å². The Morgan fingerprint density at radius 2 is 1.89 bits per heavy atom. The zero-order valence-corrected chi connectivity index (χ0v) is 16.7. The third kappa shape index (κ3) is 5.10. The molecule has 0 aliphatic rings. The second kappa shape index (κ2) is 8.89. The topological polar surface area (TPSA) is 74.5 Å². The number of aryl methyl sites for hydroxylation is 1. The lowest BCUT2D eigenvalue weighted by Crippen LogP contribution is -2.15. The number of esters is 1. The Labute approximate surface area is 168 Å². The van der Waals surface area contributed by atoms with Crippen molar-refractivity contribution in [3.05, 3.63) is 64.5 Å². The first-order valence-corrected chi connectivity index (χ1v) is 9.27. The van der Waals surface area contributed by atoms with Crippen LogP contribution >= 0.6 is 11.6 Å². The van der Waals surface area contributed by atoms with Gasteiger partial charge in [-0.15, -0.1) is 10.2 Å². The van der Waals surface area contributed by atoms with E-state index in [9.17, 15) is 4.79 Å². The van der Waals surface area contributed by atoms with Gasteiger partial charge in [-0.2, -0.15) is 0 Å². The summed E-state index contributed by atoms with van der Waals surface area (Å²) < 4.78 is 16.1. The average molecular weight is 401 g/mol. The number of halogens is 1. The molecule has 0 saturated carbocycles. The standard InChI is InChI=1S/C21H21ClN2O4/c1-13(2)18-9-8-17(10-14(18)3)26-12-20(25)27-11-19-23-24-21(28-19)15-4-6-16(22)7-5-15/h4-10,13H,11-12H2,1-3H3. The van der Waals surface area contributed by atoms with Gasteiger partial charge < -0.3 is 13.9 Å². The van der Waals surface area contributed by atoms with E-state index >= 15 is 0 Å². The maximum Gasteiger partial charge on any atom is 0.344 e. The van der Waals surface area contributed by atoms with Crippen molar-refractivity contribution in [3.63, 3.8) is 0 Å². The normalized spacial score (nSPS) is 10.9. The van der Waals surface area contributed by atoms with Crippen molar-refractivity contribution in [1.82, 2.24) is 10.2 Å². The molecule has 0 spiro atoms. The van der Waals surface area contributed by atoms with Crippen molar-refractivity contribution in [3.8, 4) is 17.2 Å². The molecule has 1 heterocycles. The first-order valence-electron chi connectivity index (χ1n) is 8.89. The number of hydrogen-bond acceptors (Lipinski definition) is 6. The number of hydrogen-bond donors (Lipinski definition) is 0.